The second-order valence-corrected chi connectivity index (χ2v) is 29.9. The van der Waals surface area contributed by atoms with Crippen LogP contribution in [0.4, 0.5) is 0 Å². The molecule has 0 saturated carbocycles. The number of carbonyl (C=O) groups is 2. The summed E-state index contributed by atoms with van der Waals surface area (Å²) in [5.74, 6) is 0.00217. The fourth-order valence-electron chi connectivity index (χ4n) is 14.1. The van der Waals surface area contributed by atoms with Gasteiger partial charge >= 0.3 is 5.97 Å². The number of allylic oxidation sites excluding steroid dienone is 2. The van der Waals surface area contributed by atoms with Crippen molar-refractivity contribution in [3.8, 4) is 0 Å². The number of hydrogen-bond acceptors (Lipinski definition) is 5. The van der Waals surface area contributed by atoms with Crippen LogP contribution in [0.25, 0.3) is 0 Å². The molecule has 0 spiro atoms. The number of esters is 1. The van der Waals surface area contributed by atoms with Crippen molar-refractivity contribution < 1.29 is 24.5 Å². The van der Waals surface area contributed by atoms with Crippen LogP contribution in [0.2, 0.25) is 0 Å². The maximum Gasteiger partial charge on any atom is 0.305 e. The molecule has 0 heterocycles. The average molecular weight is 1300 g/mol. The quantitative estimate of drug-likeness (QED) is 0.0320. The van der Waals surface area contributed by atoms with E-state index in [1.807, 2.05) is 0 Å². The van der Waals surface area contributed by atoms with Crippen LogP contribution in [0.1, 0.15) is 502 Å². The molecule has 0 rings (SSSR count). The summed E-state index contributed by atoms with van der Waals surface area (Å²) in [6.07, 6.45) is 105. The van der Waals surface area contributed by atoms with Crippen molar-refractivity contribution in [3.05, 3.63) is 12.2 Å². The summed E-state index contributed by atoms with van der Waals surface area (Å²) in [6.45, 7) is 5.02. The van der Waals surface area contributed by atoms with Crippen LogP contribution in [0.5, 0.6) is 0 Å². The standard InChI is InChI=1S/C86H169NO5/c1-3-5-7-9-11-13-15-17-19-20-21-41-44-47-51-54-58-62-66-70-74-78-84(89)83(82-88)87-85(90)79-75-71-67-63-59-55-52-48-45-42-39-37-35-33-31-29-27-25-23-22-24-26-28-30-32-34-36-38-40-43-46-49-53-57-61-65-69-73-77-81-92-86(91)80-76-72-68-64-60-56-50-18-16-14-12-10-8-6-4-2/h22-23,83-84,88-89H,3-21,24-82H2,1-2H3,(H,87,90)/b23-22-. The van der Waals surface area contributed by atoms with E-state index in [-0.39, 0.29) is 18.5 Å². The van der Waals surface area contributed by atoms with Crippen molar-refractivity contribution in [2.24, 2.45) is 0 Å². The van der Waals surface area contributed by atoms with E-state index in [4.69, 9.17) is 4.74 Å². The van der Waals surface area contributed by atoms with Crippen molar-refractivity contribution in [3.63, 3.8) is 0 Å². The first-order valence-electron chi connectivity index (χ1n) is 42.9. The van der Waals surface area contributed by atoms with E-state index in [0.29, 0.717) is 25.9 Å². The normalized spacial score (nSPS) is 12.4. The third-order valence-corrected chi connectivity index (χ3v) is 20.6. The molecule has 0 radical (unpaired) electrons. The van der Waals surface area contributed by atoms with E-state index in [1.54, 1.807) is 0 Å². The van der Waals surface area contributed by atoms with Gasteiger partial charge in [0.15, 0.2) is 0 Å². The van der Waals surface area contributed by atoms with Crippen LogP contribution in [-0.4, -0.2) is 47.4 Å². The number of rotatable bonds is 82. The fourth-order valence-corrected chi connectivity index (χ4v) is 14.1. The molecule has 3 N–H and O–H groups in total. The summed E-state index contributed by atoms with van der Waals surface area (Å²) < 4.78 is 5.51. The Balaban J connectivity index is 3.31. The van der Waals surface area contributed by atoms with E-state index in [2.05, 4.69) is 31.3 Å². The number of hydrogen-bond donors (Lipinski definition) is 3. The Morgan fingerprint density at radius 3 is 0.772 bits per heavy atom. The number of aliphatic hydroxyl groups is 2. The molecule has 0 aliphatic rings. The molecule has 6 heteroatoms. The largest absolute Gasteiger partial charge is 0.466 e. The summed E-state index contributed by atoms with van der Waals surface area (Å²) in [5, 5.41) is 23.5. The van der Waals surface area contributed by atoms with Gasteiger partial charge in [0.05, 0.1) is 25.4 Å². The van der Waals surface area contributed by atoms with Crippen LogP contribution >= 0.6 is 0 Å². The maximum absolute atomic E-state index is 12.6. The van der Waals surface area contributed by atoms with Gasteiger partial charge in [0.1, 0.15) is 0 Å². The zero-order valence-electron chi connectivity index (χ0n) is 63.1. The molecule has 92 heavy (non-hydrogen) atoms. The maximum atomic E-state index is 12.6. The van der Waals surface area contributed by atoms with Gasteiger partial charge in [-0.25, -0.2) is 0 Å². The van der Waals surface area contributed by atoms with Gasteiger partial charge in [-0.15, -0.1) is 0 Å². The third-order valence-electron chi connectivity index (χ3n) is 20.6. The zero-order valence-corrected chi connectivity index (χ0v) is 63.1. The van der Waals surface area contributed by atoms with Gasteiger partial charge in [-0.3, -0.25) is 9.59 Å². The highest BCUT2D eigenvalue weighted by Crippen LogP contribution is 2.21. The van der Waals surface area contributed by atoms with Gasteiger partial charge in [0.25, 0.3) is 0 Å². The van der Waals surface area contributed by atoms with Crippen LogP contribution in [0.3, 0.4) is 0 Å². The Kier molecular flexibility index (Phi) is 80.8. The first-order valence-corrected chi connectivity index (χ1v) is 42.9. The summed E-state index contributed by atoms with van der Waals surface area (Å²) in [5.41, 5.74) is 0. The summed E-state index contributed by atoms with van der Waals surface area (Å²) in [7, 11) is 0. The van der Waals surface area contributed by atoms with E-state index in [1.165, 1.54) is 430 Å². The Bertz CT molecular complexity index is 1400. The van der Waals surface area contributed by atoms with E-state index in [9.17, 15) is 19.8 Å². The molecule has 2 unspecified atom stereocenters. The molecule has 0 saturated heterocycles. The first-order chi connectivity index (χ1) is 45.5. The monoisotopic (exact) mass is 1300 g/mol. The van der Waals surface area contributed by atoms with E-state index in [0.717, 1.165) is 38.5 Å². The van der Waals surface area contributed by atoms with Gasteiger partial charge in [-0.05, 0) is 51.4 Å². The molecule has 0 aromatic carbocycles. The van der Waals surface area contributed by atoms with E-state index >= 15 is 0 Å². The molecule has 0 aliphatic carbocycles. The topological polar surface area (TPSA) is 95.9 Å². The van der Waals surface area contributed by atoms with Crippen molar-refractivity contribution in [1.29, 1.82) is 0 Å². The van der Waals surface area contributed by atoms with Crippen molar-refractivity contribution >= 4 is 11.9 Å². The molecule has 0 aromatic rings. The van der Waals surface area contributed by atoms with Gasteiger partial charge < -0.3 is 20.3 Å². The molecular formula is C86H169NO5. The Hall–Kier alpha value is -1.40. The number of carbonyl (C=O) groups excluding carboxylic acids is 2. The number of amides is 1. The Labute approximate surface area is 578 Å². The lowest BCUT2D eigenvalue weighted by molar-refractivity contribution is -0.143. The predicted octanol–water partition coefficient (Wildman–Crippen LogP) is 28.6. The molecule has 0 fully saturated rings. The zero-order chi connectivity index (χ0) is 66.3. The number of ether oxygens (including phenoxy) is 1. The summed E-state index contributed by atoms with van der Waals surface area (Å²) in [4.78, 5) is 24.7. The van der Waals surface area contributed by atoms with Crippen LogP contribution in [0, 0.1) is 0 Å². The Morgan fingerprint density at radius 2 is 0.511 bits per heavy atom. The molecule has 1 amide bonds. The smallest absolute Gasteiger partial charge is 0.305 e. The lowest BCUT2D eigenvalue weighted by Gasteiger charge is -2.22. The minimum Gasteiger partial charge on any atom is -0.466 e. The lowest BCUT2D eigenvalue weighted by Crippen LogP contribution is -2.45. The highest BCUT2D eigenvalue weighted by molar-refractivity contribution is 5.76. The molecule has 548 valence electrons. The Morgan fingerprint density at radius 1 is 0.293 bits per heavy atom. The highest BCUT2D eigenvalue weighted by atomic mass is 16.5. The molecule has 0 aliphatic heterocycles. The predicted molar refractivity (Wildman–Crippen MR) is 407 cm³/mol. The van der Waals surface area contributed by atoms with Crippen LogP contribution < -0.4 is 5.32 Å². The SMILES string of the molecule is CCCCCCCCCCCCCCCCCCCCCCCC(O)C(CO)NC(=O)CCCCCCCCCCCCCCCCCCC/C=C\CCCCCCCCCCCCCCCCCCCCOC(=O)CCCCCCCCCCCCCCCCC. The summed E-state index contributed by atoms with van der Waals surface area (Å²) >= 11 is 0. The molecule has 0 aromatic heterocycles. The lowest BCUT2D eigenvalue weighted by atomic mass is 10.0. The fraction of sp³-hybridized carbons (Fsp3) is 0.953. The summed E-state index contributed by atoms with van der Waals surface area (Å²) in [6, 6.07) is -0.539. The van der Waals surface area contributed by atoms with Crippen molar-refractivity contribution in [1.82, 2.24) is 5.32 Å². The molecule has 0 bridgehead atoms. The van der Waals surface area contributed by atoms with Crippen LogP contribution in [-0.2, 0) is 14.3 Å². The van der Waals surface area contributed by atoms with Gasteiger partial charge in [-0.2, -0.15) is 0 Å². The second-order valence-electron chi connectivity index (χ2n) is 29.9. The van der Waals surface area contributed by atoms with Gasteiger partial charge in [0.2, 0.25) is 5.91 Å². The number of unbranched alkanes of at least 4 members (excludes halogenated alkanes) is 69. The van der Waals surface area contributed by atoms with E-state index < -0.39 is 12.1 Å². The average Bonchev–Trinajstić information content (AvgIpc) is 3.58. The number of nitrogens with one attached hydrogen (secondary N) is 1. The van der Waals surface area contributed by atoms with Gasteiger partial charge in [0, 0.05) is 12.8 Å². The number of aliphatic hydroxyl groups excluding tert-OH is 2. The van der Waals surface area contributed by atoms with Gasteiger partial charge in [-0.1, -0.05) is 450 Å². The minimum atomic E-state index is -0.662. The first kappa shape index (κ1) is 90.6. The van der Waals surface area contributed by atoms with Crippen LogP contribution in [0.15, 0.2) is 12.2 Å². The molecule has 6 nitrogen and oxygen atoms in total. The second kappa shape index (κ2) is 82.0. The molecular weight excluding hydrogens is 1130 g/mol. The highest BCUT2D eigenvalue weighted by Gasteiger charge is 2.20. The van der Waals surface area contributed by atoms with Crippen molar-refractivity contribution in [2.75, 3.05) is 13.2 Å². The third kappa shape index (κ3) is 77.6. The minimum absolute atomic E-state index is 0.0246. The van der Waals surface area contributed by atoms with Crippen molar-refractivity contribution in [2.45, 2.75) is 514 Å². The molecule has 2 atom stereocenters.